The zero-order chi connectivity index (χ0) is 18.6. The molecule has 1 aliphatic carbocycles. The van der Waals surface area contributed by atoms with E-state index >= 15 is 0 Å². The largest absolute Gasteiger partial charge is 0.355 e. The molecule has 0 unspecified atom stereocenters. The van der Waals surface area contributed by atoms with Gasteiger partial charge in [-0.05, 0) is 55.9 Å². The molecule has 2 heterocycles. The fourth-order valence-electron chi connectivity index (χ4n) is 3.74. The van der Waals surface area contributed by atoms with E-state index in [0.29, 0.717) is 18.2 Å². The average molecular weight is 353 g/mol. The van der Waals surface area contributed by atoms with Gasteiger partial charge in [0.2, 0.25) is 0 Å². The van der Waals surface area contributed by atoms with E-state index < -0.39 is 0 Å². The highest BCUT2D eigenvalue weighted by molar-refractivity contribution is 6.00. The van der Waals surface area contributed by atoms with Crippen molar-refractivity contribution < 1.29 is 14.1 Å². The Morgan fingerprint density at radius 3 is 2.69 bits per heavy atom. The Morgan fingerprint density at radius 2 is 2.04 bits per heavy atom. The number of fused-ring (bicyclic) bond motifs is 1. The number of amides is 2. The minimum Gasteiger partial charge on any atom is -0.355 e. The van der Waals surface area contributed by atoms with E-state index in [4.69, 9.17) is 4.52 Å². The average Bonchev–Trinajstić information content (AvgIpc) is 3.23. The van der Waals surface area contributed by atoms with Crippen molar-refractivity contribution in [3.63, 3.8) is 0 Å². The summed E-state index contributed by atoms with van der Waals surface area (Å²) < 4.78 is 5.39. The van der Waals surface area contributed by atoms with Crippen molar-refractivity contribution in [3.8, 4) is 11.3 Å². The van der Waals surface area contributed by atoms with Crippen LogP contribution in [0.5, 0.6) is 0 Å². The molecule has 0 N–H and O–H groups in total. The van der Waals surface area contributed by atoms with Crippen molar-refractivity contribution in [1.82, 2.24) is 15.0 Å². The van der Waals surface area contributed by atoms with Gasteiger partial charge in [-0.1, -0.05) is 5.16 Å². The first-order chi connectivity index (χ1) is 12.4. The fourth-order valence-corrected chi connectivity index (χ4v) is 3.74. The maximum atomic E-state index is 12.8. The molecule has 136 valence electrons. The topological polar surface area (TPSA) is 66.7 Å². The third-order valence-corrected chi connectivity index (χ3v) is 5.45. The number of aryl methyl sites for hydroxylation is 1. The van der Waals surface area contributed by atoms with Crippen molar-refractivity contribution in [2.45, 2.75) is 39.3 Å². The van der Waals surface area contributed by atoms with Crippen LogP contribution in [0.3, 0.4) is 0 Å². The second-order valence-corrected chi connectivity index (χ2v) is 7.61. The van der Waals surface area contributed by atoms with Crippen LogP contribution in [-0.4, -0.2) is 46.9 Å². The molecule has 26 heavy (non-hydrogen) atoms. The van der Waals surface area contributed by atoms with E-state index in [9.17, 15) is 9.59 Å². The third kappa shape index (κ3) is 2.69. The molecular formula is C20H23N3O3. The molecule has 0 spiro atoms. The summed E-state index contributed by atoms with van der Waals surface area (Å²) in [5.41, 5.74) is 3.90. The molecule has 1 aromatic heterocycles. The highest BCUT2D eigenvalue weighted by Gasteiger charge is 2.39. The summed E-state index contributed by atoms with van der Waals surface area (Å²) in [5.74, 6) is 1.12. The van der Waals surface area contributed by atoms with E-state index in [2.05, 4.69) is 12.1 Å². The molecule has 1 atom stereocenters. The van der Waals surface area contributed by atoms with Gasteiger partial charge in [0.1, 0.15) is 0 Å². The van der Waals surface area contributed by atoms with Crippen LogP contribution in [0.4, 0.5) is 0 Å². The second-order valence-electron chi connectivity index (χ2n) is 7.61. The number of carbonyl (C=O) groups excluding carboxylic acids is 2. The standard InChI is InChI=1S/C20H23N3O3/c1-11-7-14(17-9-16(21-26-17)19(24)22(3)4)8-15-10-23(20(25)18(11)15)12(2)13-5-6-13/h7-9,12-13H,5-6,10H2,1-4H3/t12-/m0/s1. The number of aromatic nitrogens is 1. The minimum atomic E-state index is -0.197. The van der Waals surface area contributed by atoms with E-state index in [1.54, 1.807) is 20.2 Å². The number of rotatable bonds is 4. The minimum absolute atomic E-state index is 0.129. The van der Waals surface area contributed by atoms with Crippen LogP contribution in [0.25, 0.3) is 11.3 Å². The Bertz CT molecular complexity index is 896. The van der Waals surface area contributed by atoms with Crippen molar-refractivity contribution in [2.75, 3.05) is 14.1 Å². The number of hydrogen-bond acceptors (Lipinski definition) is 4. The summed E-state index contributed by atoms with van der Waals surface area (Å²) in [7, 11) is 3.36. The van der Waals surface area contributed by atoms with Gasteiger partial charge in [-0.15, -0.1) is 0 Å². The molecule has 0 radical (unpaired) electrons. The Kier molecular flexibility index (Phi) is 3.86. The van der Waals surface area contributed by atoms with Crippen LogP contribution >= 0.6 is 0 Å². The first-order valence-corrected chi connectivity index (χ1v) is 9.00. The molecule has 1 aromatic carbocycles. The summed E-state index contributed by atoms with van der Waals surface area (Å²) in [6.45, 7) is 4.74. The molecular weight excluding hydrogens is 330 g/mol. The second kappa shape index (κ2) is 5.97. The van der Waals surface area contributed by atoms with Crippen molar-refractivity contribution >= 4 is 11.8 Å². The third-order valence-electron chi connectivity index (χ3n) is 5.45. The fraction of sp³-hybridized carbons (Fsp3) is 0.450. The predicted octanol–water partition coefficient (Wildman–Crippen LogP) is 3.11. The molecule has 6 heteroatoms. The van der Waals surface area contributed by atoms with Gasteiger partial charge in [0, 0.05) is 43.9 Å². The summed E-state index contributed by atoms with van der Waals surface area (Å²) in [5, 5.41) is 3.88. The highest BCUT2D eigenvalue weighted by Crippen LogP contribution is 2.39. The lowest BCUT2D eigenvalue weighted by Gasteiger charge is -2.24. The molecule has 6 nitrogen and oxygen atoms in total. The summed E-state index contributed by atoms with van der Waals surface area (Å²) in [6.07, 6.45) is 2.43. The molecule has 2 aliphatic rings. The number of hydrogen-bond donors (Lipinski definition) is 0. The SMILES string of the molecule is Cc1cc(-c2cc(C(=O)N(C)C)no2)cc2c1C(=O)N([C@@H](C)C1CC1)C2. The summed E-state index contributed by atoms with van der Waals surface area (Å²) in [4.78, 5) is 28.3. The molecule has 0 bridgehead atoms. The van der Waals surface area contributed by atoms with Crippen molar-refractivity contribution in [1.29, 1.82) is 0 Å². The maximum absolute atomic E-state index is 12.8. The van der Waals surface area contributed by atoms with Gasteiger partial charge < -0.3 is 14.3 Å². The first kappa shape index (κ1) is 16.8. The highest BCUT2D eigenvalue weighted by atomic mass is 16.5. The van der Waals surface area contributed by atoms with Crippen molar-refractivity contribution in [3.05, 3.63) is 40.6 Å². The van der Waals surface area contributed by atoms with Crippen LogP contribution in [-0.2, 0) is 6.54 Å². The lowest BCUT2D eigenvalue weighted by molar-refractivity contribution is 0.0696. The van der Waals surface area contributed by atoms with Gasteiger partial charge in [-0.3, -0.25) is 9.59 Å². The monoisotopic (exact) mass is 353 g/mol. The number of benzene rings is 1. The molecule has 0 saturated heterocycles. The van der Waals surface area contributed by atoms with E-state index in [1.807, 2.05) is 24.0 Å². The quantitative estimate of drug-likeness (QED) is 0.847. The Hall–Kier alpha value is -2.63. The Labute approximate surface area is 152 Å². The number of carbonyl (C=O) groups is 2. The predicted molar refractivity (Wildman–Crippen MR) is 96.8 cm³/mol. The summed E-state index contributed by atoms with van der Waals surface area (Å²) >= 11 is 0. The lowest BCUT2D eigenvalue weighted by atomic mass is 9.99. The van der Waals surface area contributed by atoms with Gasteiger partial charge in [-0.25, -0.2) is 0 Å². The van der Waals surface area contributed by atoms with Gasteiger partial charge >= 0.3 is 0 Å². The van der Waals surface area contributed by atoms with Crippen molar-refractivity contribution in [2.24, 2.45) is 5.92 Å². The van der Waals surface area contributed by atoms with Gasteiger partial charge in [0.05, 0.1) is 0 Å². The molecule has 1 fully saturated rings. The van der Waals surface area contributed by atoms with E-state index in [0.717, 1.165) is 22.3 Å². The molecule has 1 saturated carbocycles. The van der Waals surface area contributed by atoms with Crippen LogP contribution in [0, 0.1) is 12.8 Å². The molecule has 1 aliphatic heterocycles. The van der Waals surface area contributed by atoms with E-state index in [1.165, 1.54) is 17.7 Å². The summed E-state index contributed by atoms with van der Waals surface area (Å²) in [6, 6.07) is 5.87. The lowest BCUT2D eigenvalue weighted by Crippen LogP contribution is -2.34. The zero-order valence-corrected chi connectivity index (χ0v) is 15.6. The van der Waals surface area contributed by atoms with Crippen LogP contribution in [0.15, 0.2) is 22.7 Å². The maximum Gasteiger partial charge on any atom is 0.275 e. The van der Waals surface area contributed by atoms with Gasteiger partial charge in [-0.2, -0.15) is 0 Å². The van der Waals surface area contributed by atoms with Gasteiger partial charge in [0.15, 0.2) is 11.5 Å². The van der Waals surface area contributed by atoms with Gasteiger partial charge in [0.25, 0.3) is 11.8 Å². The normalized spacial score (nSPS) is 17.4. The smallest absolute Gasteiger partial charge is 0.275 e. The molecule has 2 aromatic rings. The molecule has 2 amide bonds. The zero-order valence-electron chi connectivity index (χ0n) is 15.6. The Balaban J connectivity index is 1.66. The number of nitrogens with zero attached hydrogens (tertiary/aromatic N) is 3. The Morgan fingerprint density at radius 1 is 1.31 bits per heavy atom. The van der Waals surface area contributed by atoms with E-state index in [-0.39, 0.29) is 23.6 Å². The van der Waals surface area contributed by atoms with Crippen LogP contribution < -0.4 is 0 Å². The van der Waals surface area contributed by atoms with Crippen LogP contribution in [0.2, 0.25) is 0 Å². The van der Waals surface area contributed by atoms with Crippen LogP contribution in [0.1, 0.15) is 51.7 Å². The first-order valence-electron chi connectivity index (χ1n) is 9.00. The molecule has 4 rings (SSSR count).